The minimum atomic E-state index is -0.279. The Kier molecular flexibility index (Phi) is 4.98. The van der Waals surface area contributed by atoms with Crippen LogP contribution in [0.1, 0.15) is 35.6 Å². The van der Waals surface area contributed by atoms with Crippen molar-refractivity contribution in [2.24, 2.45) is 0 Å². The van der Waals surface area contributed by atoms with Crippen LogP contribution in [0.3, 0.4) is 0 Å². The molecule has 0 saturated carbocycles. The second-order valence-corrected chi connectivity index (χ2v) is 5.63. The molecule has 0 aromatic heterocycles. The molecular weight excluding hydrogens is 315 g/mol. The van der Waals surface area contributed by atoms with Gasteiger partial charge in [0.1, 0.15) is 5.82 Å². The van der Waals surface area contributed by atoms with Gasteiger partial charge in [-0.2, -0.15) is 0 Å². The fourth-order valence-corrected chi connectivity index (χ4v) is 2.42. The minimum Gasteiger partial charge on any atom is -0.206 e. The summed E-state index contributed by atoms with van der Waals surface area (Å²) >= 11 is 3.18. The van der Waals surface area contributed by atoms with Crippen molar-refractivity contribution in [3.8, 4) is 11.8 Å². The molecule has 0 heterocycles. The maximum atomic E-state index is 13.5. The Balaban J connectivity index is 2.24. The van der Waals surface area contributed by atoms with Gasteiger partial charge in [0.2, 0.25) is 0 Å². The van der Waals surface area contributed by atoms with Crippen LogP contribution in [0.4, 0.5) is 4.39 Å². The van der Waals surface area contributed by atoms with Crippen molar-refractivity contribution in [1.82, 2.24) is 0 Å². The van der Waals surface area contributed by atoms with Crippen molar-refractivity contribution in [1.29, 1.82) is 0 Å². The van der Waals surface area contributed by atoms with Crippen molar-refractivity contribution in [3.63, 3.8) is 0 Å². The van der Waals surface area contributed by atoms with Gasteiger partial charge >= 0.3 is 0 Å². The monoisotopic (exact) mass is 330 g/mol. The fraction of sp³-hybridized carbons (Fsp3) is 0.222. The fourth-order valence-electron chi connectivity index (χ4n) is 1.96. The van der Waals surface area contributed by atoms with E-state index < -0.39 is 0 Å². The lowest BCUT2D eigenvalue weighted by molar-refractivity contribution is 0.620. The molecule has 0 aliphatic heterocycles. The van der Waals surface area contributed by atoms with E-state index >= 15 is 0 Å². The molecule has 2 aromatic carbocycles. The molecule has 0 aliphatic carbocycles. The molecule has 0 atom stereocenters. The highest BCUT2D eigenvalue weighted by atomic mass is 79.9. The van der Waals surface area contributed by atoms with Crippen LogP contribution in [0.5, 0.6) is 0 Å². The van der Waals surface area contributed by atoms with Crippen molar-refractivity contribution >= 4 is 15.9 Å². The molecule has 2 aromatic rings. The molecule has 102 valence electrons. The summed E-state index contributed by atoms with van der Waals surface area (Å²) in [6, 6.07) is 11.5. The lowest BCUT2D eigenvalue weighted by atomic mass is 10.1. The predicted octanol–water partition coefficient (Wildman–Crippen LogP) is 5.25. The van der Waals surface area contributed by atoms with Crippen molar-refractivity contribution < 1.29 is 4.39 Å². The summed E-state index contributed by atoms with van der Waals surface area (Å²) in [5, 5.41) is 0. The zero-order chi connectivity index (χ0) is 14.5. The van der Waals surface area contributed by atoms with Crippen LogP contribution >= 0.6 is 15.9 Å². The van der Waals surface area contributed by atoms with Gasteiger partial charge in [-0.25, -0.2) is 4.39 Å². The number of halogens is 2. The molecular formula is C18H16BrF. The molecule has 0 amide bonds. The average molecular weight is 331 g/mol. The number of hydrogen-bond acceptors (Lipinski definition) is 0. The number of benzene rings is 2. The normalized spacial score (nSPS) is 10.0. The first-order valence-electron chi connectivity index (χ1n) is 6.66. The zero-order valence-electron chi connectivity index (χ0n) is 11.6. The minimum absolute atomic E-state index is 0.279. The first-order chi connectivity index (χ1) is 9.60. The van der Waals surface area contributed by atoms with Gasteiger partial charge in [-0.1, -0.05) is 37.3 Å². The topological polar surface area (TPSA) is 0 Å². The standard InChI is InChI=1S/C18H16BrF/c1-3-4-14-5-7-15(8-6-14)9-10-16-12-18(20)17(19)11-13(16)2/h5-8,11-12H,3-4H2,1-2H3. The highest BCUT2D eigenvalue weighted by Gasteiger charge is 2.02. The molecule has 0 spiro atoms. The third-order valence-electron chi connectivity index (χ3n) is 3.10. The molecule has 0 N–H and O–H groups in total. The average Bonchev–Trinajstić information content (AvgIpc) is 2.43. The number of aryl methyl sites for hydroxylation is 2. The van der Waals surface area contributed by atoms with E-state index in [1.807, 2.05) is 19.1 Å². The summed E-state index contributed by atoms with van der Waals surface area (Å²) in [6.07, 6.45) is 2.23. The summed E-state index contributed by atoms with van der Waals surface area (Å²) in [4.78, 5) is 0. The van der Waals surface area contributed by atoms with Crippen molar-refractivity contribution in [3.05, 3.63) is 68.9 Å². The number of hydrogen-bond donors (Lipinski definition) is 0. The Morgan fingerprint density at radius 2 is 1.80 bits per heavy atom. The van der Waals surface area contributed by atoms with Crippen LogP contribution in [0.15, 0.2) is 40.9 Å². The van der Waals surface area contributed by atoms with E-state index in [2.05, 4.69) is 46.8 Å². The predicted molar refractivity (Wildman–Crippen MR) is 85.3 cm³/mol. The smallest absolute Gasteiger partial charge is 0.138 e. The van der Waals surface area contributed by atoms with Gasteiger partial charge in [-0.05, 0) is 64.7 Å². The molecule has 2 rings (SSSR count). The van der Waals surface area contributed by atoms with E-state index in [0.717, 1.165) is 29.5 Å². The van der Waals surface area contributed by atoms with Crippen LogP contribution in [0, 0.1) is 24.6 Å². The lowest BCUT2D eigenvalue weighted by Gasteiger charge is -2.01. The molecule has 20 heavy (non-hydrogen) atoms. The second-order valence-electron chi connectivity index (χ2n) is 4.78. The van der Waals surface area contributed by atoms with Crippen LogP contribution in [0.2, 0.25) is 0 Å². The second kappa shape index (κ2) is 6.72. The van der Waals surface area contributed by atoms with E-state index in [9.17, 15) is 4.39 Å². The van der Waals surface area contributed by atoms with E-state index in [1.165, 1.54) is 11.6 Å². The molecule has 0 bridgehead atoms. The number of rotatable bonds is 2. The Hall–Kier alpha value is -1.59. The molecule has 0 unspecified atom stereocenters. The Morgan fingerprint density at radius 1 is 1.10 bits per heavy atom. The molecule has 0 nitrogen and oxygen atoms in total. The maximum Gasteiger partial charge on any atom is 0.138 e. The summed E-state index contributed by atoms with van der Waals surface area (Å²) in [5.74, 6) is 5.84. The quantitative estimate of drug-likeness (QED) is 0.660. The van der Waals surface area contributed by atoms with Gasteiger partial charge in [-0.15, -0.1) is 0 Å². The molecule has 0 aliphatic rings. The van der Waals surface area contributed by atoms with Crippen LogP contribution in [0.25, 0.3) is 0 Å². The first kappa shape index (κ1) is 14.8. The summed E-state index contributed by atoms with van der Waals surface area (Å²) in [5.41, 5.74) is 3.97. The zero-order valence-corrected chi connectivity index (χ0v) is 13.2. The summed E-state index contributed by atoms with van der Waals surface area (Å²) in [7, 11) is 0. The largest absolute Gasteiger partial charge is 0.206 e. The van der Waals surface area contributed by atoms with E-state index in [4.69, 9.17) is 0 Å². The van der Waals surface area contributed by atoms with Gasteiger partial charge in [0.05, 0.1) is 4.47 Å². The van der Waals surface area contributed by atoms with Gasteiger partial charge in [0.25, 0.3) is 0 Å². The SMILES string of the molecule is CCCc1ccc(C#Cc2cc(F)c(Br)cc2C)cc1. The Labute approximate surface area is 128 Å². The van der Waals surface area contributed by atoms with E-state index in [1.54, 1.807) is 6.07 Å². The molecule has 0 radical (unpaired) electrons. The van der Waals surface area contributed by atoms with Crippen LogP contribution in [-0.2, 0) is 6.42 Å². The Bertz CT molecular complexity index is 660. The summed E-state index contributed by atoms with van der Waals surface area (Å²) in [6.45, 7) is 4.09. The first-order valence-corrected chi connectivity index (χ1v) is 7.46. The molecule has 2 heteroatoms. The van der Waals surface area contributed by atoms with E-state index in [0.29, 0.717) is 4.47 Å². The van der Waals surface area contributed by atoms with Gasteiger partial charge in [-0.3, -0.25) is 0 Å². The highest BCUT2D eigenvalue weighted by Crippen LogP contribution is 2.19. The third-order valence-corrected chi connectivity index (χ3v) is 3.71. The van der Waals surface area contributed by atoms with Gasteiger partial charge < -0.3 is 0 Å². The van der Waals surface area contributed by atoms with Gasteiger partial charge in [0.15, 0.2) is 0 Å². The third kappa shape index (κ3) is 3.71. The van der Waals surface area contributed by atoms with Gasteiger partial charge in [0, 0.05) is 11.1 Å². The summed E-state index contributed by atoms with van der Waals surface area (Å²) < 4.78 is 14.0. The van der Waals surface area contributed by atoms with E-state index in [-0.39, 0.29) is 5.82 Å². The van der Waals surface area contributed by atoms with Crippen molar-refractivity contribution in [2.75, 3.05) is 0 Å². The van der Waals surface area contributed by atoms with Crippen LogP contribution < -0.4 is 0 Å². The van der Waals surface area contributed by atoms with Crippen molar-refractivity contribution in [2.45, 2.75) is 26.7 Å². The molecule has 0 fully saturated rings. The Morgan fingerprint density at radius 3 is 2.45 bits per heavy atom. The highest BCUT2D eigenvalue weighted by molar-refractivity contribution is 9.10. The van der Waals surface area contributed by atoms with Crippen LogP contribution in [-0.4, -0.2) is 0 Å². The molecule has 0 saturated heterocycles. The lowest BCUT2D eigenvalue weighted by Crippen LogP contribution is -1.87. The maximum absolute atomic E-state index is 13.5.